The number of rotatable bonds is 5. The maximum absolute atomic E-state index is 13.2. The number of hydrogen-bond donors (Lipinski definition) is 1. The Morgan fingerprint density at radius 2 is 1.97 bits per heavy atom. The summed E-state index contributed by atoms with van der Waals surface area (Å²) < 4.78 is 7.35. The van der Waals surface area contributed by atoms with E-state index >= 15 is 0 Å². The zero-order valence-electron chi connectivity index (χ0n) is 17.3. The van der Waals surface area contributed by atoms with Gasteiger partial charge in [0.05, 0.1) is 40.7 Å². The van der Waals surface area contributed by atoms with Crippen LogP contribution in [0.2, 0.25) is 0 Å². The monoisotopic (exact) mass is 450 g/mol. The fourth-order valence-corrected chi connectivity index (χ4v) is 4.96. The summed E-state index contributed by atoms with van der Waals surface area (Å²) in [5.74, 6) is -0.401. The number of hydrogen-bond acceptors (Lipinski definition) is 6. The SMILES string of the molecule is O=C1CN(C(=O)CSc2nc3ccccc3c(=O)n2C[C@@H]2CCCO2)c2ccccc2N1. The molecule has 0 aliphatic carbocycles. The van der Waals surface area contributed by atoms with Crippen LogP contribution < -0.4 is 15.8 Å². The number of thioether (sulfide) groups is 1. The van der Waals surface area contributed by atoms with E-state index in [1.165, 1.54) is 16.7 Å². The predicted molar refractivity (Wildman–Crippen MR) is 123 cm³/mol. The molecule has 1 aromatic heterocycles. The fraction of sp³-hybridized carbons (Fsp3) is 0.304. The largest absolute Gasteiger partial charge is 0.376 e. The minimum atomic E-state index is -0.235. The van der Waals surface area contributed by atoms with E-state index in [4.69, 9.17) is 4.74 Å². The molecule has 32 heavy (non-hydrogen) atoms. The van der Waals surface area contributed by atoms with Gasteiger partial charge in [0.15, 0.2) is 5.16 Å². The van der Waals surface area contributed by atoms with Crippen molar-refractivity contribution < 1.29 is 14.3 Å². The third-order valence-corrected chi connectivity index (χ3v) is 6.59. The number of nitrogens with zero attached hydrogens (tertiary/aromatic N) is 3. The zero-order chi connectivity index (χ0) is 22.1. The summed E-state index contributed by atoms with van der Waals surface area (Å²) in [7, 11) is 0. The van der Waals surface area contributed by atoms with Crippen LogP contribution in [0, 0.1) is 0 Å². The van der Waals surface area contributed by atoms with Crippen molar-refractivity contribution in [1.29, 1.82) is 0 Å². The number of carbonyl (C=O) groups excluding carboxylic acids is 2. The van der Waals surface area contributed by atoms with Gasteiger partial charge in [-0.15, -0.1) is 0 Å². The molecule has 0 unspecified atom stereocenters. The molecule has 3 heterocycles. The maximum Gasteiger partial charge on any atom is 0.262 e. The van der Waals surface area contributed by atoms with Crippen LogP contribution in [-0.4, -0.2) is 46.4 Å². The lowest BCUT2D eigenvalue weighted by Crippen LogP contribution is -2.43. The van der Waals surface area contributed by atoms with Crippen molar-refractivity contribution in [3.63, 3.8) is 0 Å². The van der Waals surface area contributed by atoms with Crippen LogP contribution in [0.15, 0.2) is 58.5 Å². The van der Waals surface area contributed by atoms with Gasteiger partial charge in [-0.1, -0.05) is 36.0 Å². The second-order valence-corrected chi connectivity index (χ2v) is 8.74. The van der Waals surface area contributed by atoms with Crippen LogP contribution in [-0.2, 0) is 20.9 Å². The molecule has 0 spiro atoms. The lowest BCUT2D eigenvalue weighted by Gasteiger charge is -2.29. The van der Waals surface area contributed by atoms with Gasteiger partial charge in [-0.05, 0) is 37.1 Å². The first-order chi connectivity index (χ1) is 15.6. The first kappa shape index (κ1) is 20.7. The number of ether oxygens (including phenoxy) is 1. The summed E-state index contributed by atoms with van der Waals surface area (Å²) in [6.45, 7) is 1.06. The van der Waals surface area contributed by atoms with Crippen molar-refractivity contribution in [3.8, 4) is 0 Å². The molecule has 3 aromatic rings. The minimum absolute atomic E-state index is 0.0374. The summed E-state index contributed by atoms with van der Waals surface area (Å²) in [6.07, 6.45) is 1.82. The zero-order valence-corrected chi connectivity index (χ0v) is 18.1. The number of amides is 2. The summed E-state index contributed by atoms with van der Waals surface area (Å²) in [5.41, 5.74) is 1.74. The third-order valence-electron chi connectivity index (χ3n) is 5.63. The van der Waals surface area contributed by atoms with Crippen molar-refractivity contribution in [2.24, 2.45) is 0 Å². The number of para-hydroxylation sites is 3. The molecule has 0 bridgehead atoms. The Balaban J connectivity index is 1.43. The molecule has 8 nitrogen and oxygen atoms in total. The van der Waals surface area contributed by atoms with Gasteiger partial charge in [-0.25, -0.2) is 4.98 Å². The van der Waals surface area contributed by atoms with Gasteiger partial charge in [0.25, 0.3) is 5.56 Å². The van der Waals surface area contributed by atoms with E-state index in [9.17, 15) is 14.4 Å². The fourth-order valence-electron chi connectivity index (χ4n) is 4.07. The van der Waals surface area contributed by atoms with Crippen molar-refractivity contribution in [2.45, 2.75) is 30.6 Å². The minimum Gasteiger partial charge on any atom is -0.376 e. The Morgan fingerprint density at radius 3 is 2.81 bits per heavy atom. The van der Waals surface area contributed by atoms with Gasteiger partial charge < -0.3 is 15.0 Å². The Bertz CT molecular complexity index is 1250. The molecular formula is C23H22N4O4S. The number of aromatic nitrogens is 2. The third kappa shape index (κ3) is 4.01. The normalized spacial score (nSPS) is 17.9. The summed E-state index contributed by atoms with van der Waals surface area (Å²) in [5, 5.41) is 3.81. The van der Waals surface area contributed by atoms with E-state index in [-0.39, 0.29) is 35.8 Å². The van der Waals surface area contributed by atoms with E-state index < -0.39 is 0 Å². The predicted octanol–water partition coefficient (Wildman–Crippen LogP) is 2.65. The molecule has 2 aliphatic heterocycles. The van der Waals surface area contributed by atoms with Crippen LogP contribution in [0.1, 0.15) is 12.8 Å². The van der Waals surface area contributed by atoms with E-state index in [0.717, 1.165) is 12.8 Å². The van der Waals surface area contributed by atoms with Crippen LogP contribution in [0.5, 0.6) is 0 Å². The number of fused-ring (bicyclic) bond motifs is 2. The van der Waals surface area contributed by atoms with Crippen LogP contribution in [0.25, 0.3) is 10.9 Å². The second kappa shape index (κ2) is 8.76. The molecule has 2 amide bonds. The standard InChI is InChI=1S/C23H22N4O4S/c28-20-13-26(19-10-4-3-9-18(19)24-20)21(29)14-32-23-25-17-8-2-1-7-16(17)22(30)27(23)12-15-6-5-11-31-15/h1-4,7-10,15H,5-6,11-14H2,(H,24,28)/t15-/m0/s1. The molecule has 5 rings (SSSR count). The summed E-state index contributed by atoms with van der Waals surface area (Å²) in [6, 6.07) is 14.4. The molecule has 1 saturated heterocycles. The van der Waals surface area contributed by atoms with Gasteiger partial charge in [-0.3, -0.25) is 19.0 Å². The van der Waals surface area contributed by atoms with Gasteiger partial charge in [0.2, 0.25) is 11.8 Å². The van der Waals surface area contributed by atoms with Crippen LogP contribution in [0.3, 0.4) is 0 Å². The van der Waals surface area contributed by atoms with Gasteiger partial charge >= 0.3 is 0 Å². The first-order valence-corrected chi connectivity index (χ1v) is 11.5. The smallest absolute Gasteiger partial charge is 0.262 e. The van der Waals surface area contributed by atoms with E-state index in [0.29, 0.717) is 40.6 Å². The average Bonchev–Trinajstić information content (AvgIpc) is 3.32. The highest BCUT2D eigenvalue weighted by Crippen LogP contribution is 2.30. The molecule has 1 atom stereocenters. The highest BCUT2D eigenvalue weighted by atomic mass is 32.2. The van der Waals surface area contributed by atoms with E-state index in [1.807, 2.05) is 24.3 Å². The number of carbonyl (C=O) groups is 2. The molecule has 164 valence electrons. The number of benzene rings is 2. The van der Waals surface area contributed by atoms with Gasteiger partial charge in [0.1, 0.15) is 6.54 Å². The number of nitrogens with one attached hydrogen (secondary N) is 1. The van der Waals surface area contributed by atoms with Crippen molar-refractivity contribution in [2.75, 3.05) is 29.1 Å². The molecule has 1 fully saturated rings. The maximum atomic E-state index is 13.2. The Morgan fingerprint density at radius 1 is 1.16 bits per heavy atom. The van der Waals surface area contributed by atoms with E-state index in [1.54, 1.807) is 28.8 Å². The molecule has 0 radical (unpaired) electrons. The second-order valence-electron chi connectivity index (χ2n) is 7.80. The number of anilines is 2. The summed E-state index contributed by atoms with van der Waals surface area (Å²) in [4.78, 5) is 44.5. The highest BCUT2D eigenvalue weighted by Gasteiger charge is 2.27. The highest BCUT2D eigenvalue weighted by molar-refractivity contribution is 7.99. The Hall–Kier alpha value is -3.17. The lowest BCUT2D eigenvalue weighted by molar-refractivity contribution is -0.120. The summed E-state index contributed by atoms with van der Waals surface area (Å²) >= 11 is 1.21. The molecular weight excluding hydrogens is 428 g/mol. The molecule has 9 heteroatoms. The quantitative estimate of drug-likeness (QED) is 0.475. The first-order valence-electron chi connectivity index (χ1n) is 10.5. The van der Waals surface area contributed by atoms with Crippen molar-refractivity contribution >= 4 is 45.9 Å². The van der Waals surface area contributed by atoms with Crippen LogP contribution in [0.4, 0.5) is 11.4 Å². The van der Waals surface area contributed by atoms with Gasteiger partial charge in [0, 0.05) is 6.61 Å². The van der Waals surface area contributed by atoms with Crippen molar-refractivity contribution in [3.05, 3.63) is 58.9 Å². The van der Waals surface area contributed by atoms with Crippen LogP contribution >= 0.6 is 11.8 Å². The average molecular weight is 451 g/mol. The van der Waals surface area contributed by atoms with Crippen molar-refractivity contribution in [1.82, 2.24) is 9.55 Å². The molecule has 0 saturated carbocycles. The lowest BCUT2D eigenvalue weighted by atomic mass is 10.2. The van der Waals surface area contributed by atoms with Gasteiger partial charge in [-0.2, -0.15) is 0 Å². The van der Waals surface area contributed by atoms with E-state index in [2.05, 4.69) is 10.3 Å². The molecule has 1 N–H and O–H groups in total. The molecule has 2 aromatic carbocycles. The molecule has 2 aliphatic rings. The Labute approximate surface area is 188 Å². The Kier molecular flexibility index (Phi) is 5.67. The topological polar surface area (TPSA) is 93.5 Å².